The number of carbonyl (C=O) groups excluding carboxylic acids is 1. The maximum absolute atomic E-state index is 12.4. The number of amides is 1. The lowest BCUT2D eigenvalue weighted by Crippen LogP contribution is -2.38. The number of nitrogens with zero attached hydrogens (tertiary/aromatic N) is 1. The number of ether oxygens (including phenoxy) is 1. The van der Waals surface area contributed by atoms with Crippen LogP contribution in [0.1, 0.15) is 11.1 Å². The van der Waals surface area contributed by atoms with E-state index in [0.29, 0.717) is 18.8 Å². The number of hydrogen-bond donors (Lipinski definition) is 2. The van der Waals surface area contributed by atoms with E-state index in [1.165, 1.54) is 0 Å². The molecule has 0 aliphatic carbocycles. The zero-order valence-electron chi connectivity index (χ0n) is 13.4. The standard InChI is InChI=1S/C18H21N3O2/c1-12-7-13(2)9-15(8-12)20-18(22)11-21-5-6-23-17-4-3-14(19)10-16(17)21/h3-4,7-10H,5-6,11,19H2,1-2H3,(H,20,22). The smallest absolute Gasteiger partial charge is 0.243 e. The van der Waals surface area contributed by atoms with Gasteiger partial charge in [-0.1, -0.05) is 6.07 Å². The third-order valence-electron chi connectivity index (χ3n) is 3.78. The number of rotatable bonds is 3. The first-order chi connectivity index (χ1) is 11.0. The molecule has 1 aliphatic heterocycles. The van der Waals surface area contributed by atoms with Crippen LogP contribution in [-0.2, 0) is 4.79 Å². The Kier molecular flexibility index (Phi) is 4.10. The highest BCUT2D eigenvalue weighted by Gasteiger charge is 2.20. The molecule has 2 aromatic rings. The van der Waals surface area contributed by atoms with Crippen LogP contribution in [-0.4, -0.2) is 25.6 Å². The van der Waals surface area contributed by atoms with Crippen molar-refractivity contribution in [2.24, 2.45) is 0 Å². The monoisotopic (exact) mass is 311 g/mol. The Morgan fingerprint density at radius 1 is 1.22 bits per heavy atom. The lowest BCUT2D eigenvalue weighted by Gasteiger charge is -2.30. The number of fused-ring (bicyclic) bond motifs is 1. The van der Waals surface area contributed by atoms with Gasteiger partial charge >= 0.3 is 0 Å². The average Bonchev–Trinajstić information content (AvgIpc) is 2.46. The minimum Gasteiger partial charge on any atom is -0.490 e. The molecule has 0 radical (unpaired) electrons. The van der Waals surface area contributed by atoms with E-state index in [-0.39, 0.29) is 12.5 Å². The van der Waals surface area contributed by atoms with E-state index in [0.717, 1.165) is 28.3 Å². The molecule has 5 heteroatoms. The molecule has 0 saturated heterocycles. The Balaban J connectivity index is 1.73. The first-order valence-electron chi connectivity index (χ1n) is 7.67. The van der Waals surface area contributed by atoms with Crippen LogP contribution in [0.3, 0.4) is 0 Å². The van der Waals surface area contributed by atoms with Crippen molar-refractivity contribution < 1.29 is 9.53 Å². The van der Waals surface area contributed by atoms with Gasteiger partial charge in [0.2, 0.25) is 5.91 Å². The number of hydrogen-bond acceptors (Lipinski definition) is 4. The summed E-state index contributed by atoms with van der Waals surface area (Å²) in [5.74, 6) is 0.718. The van der Waals surface area contributed by atoms with E-state index in [1.807, 2.05) is 43.0 Å². The highest BCUT2D eigenvalue weighted by molar-refractivity contribution is 5.94. The summed E-state index contributed by atoms with van der Waals surface area (Å²) in [7, 11) is 0. The van der Waals surface area contributed by atoms with Crippen molar-refractivity contribution in [3.05, 3.63) is 47.5 Å². The fourth-order valence-electron chi connectivity index (χ4n) is 2.87. The van der Waals surface area contributed by atoms with Crippen LogP contribution in [0.25, 0.3) is 0 Å². The molecule has 0 unspecified atom stereocenters. The topological polar surface area (TPSA) is 67.6 Å². The largest absolute Gasteiger partial charge is 0.490 e. The first kappa shape index (κ1) is 15.2. The lowest BCUT2D eigenvalue weighted by atomic mass is 10.1. The summed E-state index contributed by atoms with van der Waals surface area (Å²) in [5, 5.41) is 2.96. The van der Waals surface area contributed by atoms with Crippen LogP contribution in [0.2, 0.25) is 0 Å². The van der Waals surface area contributed by atoms with Crippen LogP contribution < -0.4 is 20.7 Å². The average molecular weight is 311 g/mol. The second kappa shape index (κ2) is 6.20. The molecule has 0 bridgehead atoms. The van der Waals surface area contributed by atoms with Crippen molar-refractivity contribution >= 4 is 23.0 Å². The van der Waals surface area contributed by atoms with Gasteiger partial charge in [0.05, 0.1) is 18.8 Å². The van der Waals surface area contributed by atoms with Crippen molar-refractivity contribution in [2.45, 2.75) is 13.8 Å². The van der Waals surface area contributed by atoms with Gasteiger partial charge in [-0.25, -0.2) is 0 Å². The molecule has 0 fully saturated rings. The molecule has 1 heterocycles. The van der Waals surface area contributed by atoms with E-state index in [2.05, 4.69) is 11.4 Å². The minimum absolute atomic E-state index is 0.0507. The zero-order valence-corrected chi connectivity index (χ0v) is 13.4. The number of nitrogens with one attached hydrogen (secondary N) is 1. The number of benzene rings is 2. The van der Waals surface area contributed by atoms with Crippen LogP contribution in [0.4, 0.5) is 17.1 Å². The van der Waals surface area contributed by atoms with Crippen LogP contribution in [0, 0.1) is 13.8 Å². The van der Waals surface area contributed by atoms with Gasteiger partial charge in [0.1, 0.15) is 12.4 Å². The molecule has 0 atom stereocenters. The molecule has 1 aliphatic rings. The number of aryl methyl sites for hydroxylation is 2. The van der Waals surface area contributed by atoms with E-state index in [4.69, 9.17) is 10.5 Å². The molecule has 23 heavy (non-hydrogen) atoms. The summed E-state index contributed by atoms with van der Waals surface area (Å²) in [6.07, 6.45) is 0. The normalized spacial score (nSPS) is 13.2. The van der Waals surface area contributed by atoms with E-state index >= 15 is 0 Å². The van der Waals surface area contributed by atoms with Crippen molar-refractivity contribution in [1.29, 1.82) is 0 Å². The zero-order chi connectivity index (χ0) is 16.4. The van der Waals surface area contributed by atoms with Gasteiger partial charge in [-0.2, -0.15) is 0 Å². The molecule has 1 amide bonds. The molecular formula is C18H21N3O2. The summed E-state index contributed by atoms with van der Waals surface area (Å²) in [6.45, 7) is 5.53. The molecule has 0 spiro atoms. The number of nitrogen functional groups attached to an aromatic ring is 1. The molecule has 3 N–H and O–H groups in total. The van der Waals surface area contributed by atoms with E-state index in [1.54, 1.807) is 6.07 Å². The van der Waals surface area contributed by atoms with Crippen LogP contribution in [0.5, 0.6) is 5.75 Å². The first-order valence-corrected chi connectivity index (χ1v) is 7.67. The van der Waals surface area contributed by atoms with Gasteiger partial charge in [0.15, 0.2) is 0 Å². The summed E-state index contributed by atoms with van der Waals surface area (Å²) in [4.78, 5) is 14.4. The number of nitrogens with two attached hydrogens (primary N) is 1. The predicted octanol–water partition coefficient (Wildman–Crippen LogP) is 2.72. The number of anilines is 3. The van der Waals surface area contributed by atoms with Crippen LogP contribution in [0.15, 0.2) is 36.4 Å². The minimum atomic E-state index is -0.0507. The fraction of sp³-hybridized carbons (Fsp3) is 0.278. The Hall–Kier alpha value is -2.69. The molecule has 0 aromatic heterocycles. The predicted molar refractivity (Wildman–Crippen MR) is 93.1 cm³/mol. The van der Waals surface area contributed by atoms with Gasteiger partial charge in [-0.3, -0.25) is 4.79 Å². The van der Waals surface area contributed by atoms with Crippen molar-refractivity contribution in [3.63, 3.8) is 0 Å². The molecule has 2 aromatic carbocycles. The van der Waals surface area contributed by atoms with Gasteiger partial charge < -0.3 is 20.7 Å². The summed E-state index contributed by atoms with van der Waals surface area (Å²) >= 11 is 0. The highest BCUT2D eigenvalue weighted by atomic mass is 16.5. The van der Waals surface area contributed by atoms with E-state index < -0.39 is 0 Å². The van der Waals surface area contributed by atoms with Crippen molar-refractivity contribution in [1.82, 2.24) is 0 Å². The van der Waals surface area contributed by atoms with Crippen molar-refractivity contribution in [2.75, 3.05) is 35.6 Å². The molecule has 3 rings (SSSR count). The van der Waals surface area contributed by atoms with E-state index in [9.17, 15) is 4.79 Å². The Morgan fingerprint density at radius 3 is 2.70 bits per heavy atom. The molecular weight excluding hydrogens is 290 g/mol. The molecule has 5 nitrogen and oxygen atoms in total. The summed E-state index contributed by atoms with van der Waals surface area (Å²) in [5.41, 5.74) is 10.5. The second-order valence-corrected chi connectivity index (χ2v) is 5.92. The Labute approximate surface area is 136 Å². The maximum Gasteiger partial charge on any atom is 0.243 e. The third kappa shape index (κ3) is 3.56. The van der Waals surface area contributed by atoms with Gasteiger partial charge in [-0.15, -0.1) is 0 Å². The van der Waals surface area contributed by atoms with Gasteiger partial charge in [0, 0.05) is 11.4 Å². The quantitative estimate of drug-likeness (QED) is 0.855. The number of carbonyl (C=O) groups is 1. The fourth-order valence-corrected chi connectivity index (χ4v) is 2.87. The highest BCUT2D eigenvalue weighted by Crippen LogP contribution is 2.33. The summed E-state index contributed by atoms with van der Waals surface area (Å²) < 4.78 is 5.61. The Morgan fingerprint density at radius 2 is 1.96 bits per heavy atom. The second-order valence-electron chi connectivity index (χ2n) is 5.92. The maximum atomic E-state index is 12.4. The molecule has 0 saturated carbocycles. The van der Waals surface area contributed by atoms with Gasteiger partial charge in [0.25, 0.3) is 0 Å². The summed E-state index contributed by atoms with van der Waals surface area (Å²) in [6, 6.07) is 11.5. The lowest BCUT2D eigenvalue weighted by molar-refractivity contribution is -0.115. The molecule has 120 valence electrons. The Bertz CT molecular complexity index is 723. The van der Waals surface area contributed by atoms with Gasteiger partial charge in [-0.05, 0) is 55.3 Å². The van der Waals surface area contributed by atoms with Crippen LogP contribution >= 0.6 is 0 Å². The SMILES string of the molecule is Cc1cc(C)cc(NC(=O)CN2CCOc3ccc(N)cc32)c1. The third-order valence-corrected chi connectivity index (χ3v) is 3.78. The van der Waals surface area contributed by atoms with Crippen molar-refractivity contribution in [3.8, 4) is 5.75 Å².